The Morgan fingerprint density at radius 1 is 1.26 bits per heavy atom. The van der Waals surface area contributed by atoms with Crippen molar-refractivity contribution in [1.29, 1.82) is 0 Å². The number of piperidine rings is 1. The predicted molar refractivity (Wildman–Crippen MR) is 110 cm³/mol. The number of aromatic nitrogens is 2. The number of amides is 1. The van der Waals surface area contributed by atoms with E-state index in [0.29, 0.717) is 12.5 Å². The molecule has 144 valence electrons. The van der Waals surface area contributed by atoms with Crippen LogP contribution in [0.3, 0.4) is 0 Å². The van der Waals surface area contributed by atoms with Gasteiger partial charge in [-0.2, -0.15) is 0 Å². The van der Waals surface area contributed by atoms with Gasteiger partial charge in [0.1, 0.15) is 0 Å². The van der Waals surface area contributed by atoms with Crippen molar-refractivity contribution < 1.29 is 4.79 Å². The van der Waals surface area contributed by atoms with Crippen LogP contribution in [0.2, 0.25) is 0 Å². The van der Waals surface area contributed by atoms with Crippen molar-refractivity contribution in [3.63, 3.8) is 0 Å². The first-order chi connectivity index (χ1) is 13.0. The standard InChI is InChI=1S/C22H30N4O/c1-16(2)11-12-23-22(27)19-8-5-13-26(15-19)21-10-9-20(24-25-21)18-7-4-6-17(3)14-18/h4,6-7,9-10,14,16,19H,5,8,11-13,15H2,1-3H3,(H,23,27)/t19-/m0/s1. The van der Waals surface area contributed by atoms with Gasteiger partial charge in [0.05, 0.1) is 11.6 Å². The summed E-state index contributed by atoms with van der Waals surface area (Å²) in [6, 6.07) is 12.3. The summed E-state index contributed by atoms with van der Waals surface area (Å²) in [7, 11) is 0. The Hall–Kier alpha value is -2.43. The van der Waals surface area contributed by atoms with Crippen molar-refractivity contribution in [1.82, 2.24) is 15.5 Å². The first-order valence-electron chi connectivity index (χ1n) is 9.96. The van der Waals surface area contributed by atoms with Gasteiger partial charge in [-0.3, -0.25) is 4.79 Å². The van der Waals surface area contributed by atoms with Crippen LogP contribution in [0.1, 0.15) is 38.7 Å². The number of carbonyl (C=O) groups is 1. The maximum Gasteiger partial charge on any atom is 0.224 e. The predicted octanol–water partition coefficient (Wildman–Crippen LogP) is 3.83. The van der Waals surface area contributed by atoms with E-state index in [1.54, 1.807) is 0 Å². The summed E-state index contributed by atoms with van der Waals surface area (Å²) in [5.74, 6) is 1.66. The van der Waals surface area contributed by atoms with Crippen LogP contribution in [0.15, 0.2) is 36.4 Å². The molecule has 1 fully saturated rings. The summed E-state index contributed by atoms with van der Waals surface area (Å²) in [5.41, 5.74) is 3.17. The van der Waals surface area contributed by atoms with E-state index in [2.05, 4.69) is 59.4 Å². The number of benzene rings is 1. The molecule has 0 unspecified atom stereocenters. The van der Waals surface area contributed by atoms with E-state index >= 15 is 0 Å². The first-order valence-corrected chi connectivity index (χ1v) is 9.96. The number of carbonyl (C=O) groups excluding carboxylic acids is 1. The van der Waals surface area contributed by atoms with Crippen LogP contribution >= 0.6 is 0 Å². The van der Waals surface area contributed by atoms with Gasteiger partial charge in [-0.05, 0) is 50.3 Å². The van der Waals surface area contributed by atoms with Crippen molar-refractivity contribution in [2.45, 2.75) is 40.0 Å². The number of nitrogens with one attached hydrogen (secondary N) is 1. The SMILES string of the molecule is Cc1cccc(-c2ccc(N3CCC[C@H](C(=O)NCCC(C)C)C3)nn2)c1. The lowest BCUT2D eigenvalue weighted by Gasteiger charge is -2.32. The normalized spacial score (nSPS) is 17.2. The van der Waals surface area contributed by atoms with Crippen LogP contribution in [0, 0.1) is 18.8 Å². The summed E-state index contributed by atoms with van der Waals surface area (Å²) in [6.07, 6.45) is 2.97. The van der Waals surface area contributed by atoms with Gasteiger partial charge < -0.3 is 10.2 Å². The minimum Gasteiger partial charge on any atom is -0.356 e. The Morgan fingerprint density at radius 2 is 2.11 bits per heavy atom. The fourth-order valence-corrected chi connectivity index (χ4v) is 3.48. The van der Waals surface area contributed by atoms with E-state index in [9.17, 15) is 4.79 Å². The molecule has 0 spiro atoms. The Kier molecular flexibility index (Phi) is 6.43. The van der Waals surface area contributed by atoms with E-state index in [-0.39, 0.29) is 11.8 Å². The van der Waals surface area contributed by atoms with Gasteiger partial charge in [0, 0.05) is 25.2 Å². The number of hydrogen-bond acceptors (Lipinski definition) is 4. The third-order valence-electron chi connectivity index (χ3n) is 5.10. The largest absolute Gasteiger partial charge is 0.356 e. The Bertz CT molecular complexity index is 757. The van der Waals surface area contributed by atoms with Gasteiger partial charge in [-0.15, -0.1) is 10.2 Å². The maximum atomic E-state index is 12.5. The zero-order valence-corrected chi connectivity index (χ0v) is 16.6. The molecule has 3 rings (SSSR count). The lowest BCUT2D eigenvalue weighted by atomic mass is 9.97. The number of anilines is 1. The van der Waals surface area contributed by atoms with Gasteiger partial charge in [-0.25, -0.2) is 0 Å². The van der Waals surface area contributed by atoms with Gasteiger partial charge in [0.2, 0.25) is 5.91 Å². The molecule has 27 heavy (non-hydrogen) atoms. The van der Waals surface area contributed by atoms with Crippen LogP contribution in [0.25, 0.3) is 11.3 Å². The second kappa shape index (κ2) is 8.98. The highest BCUT2D eigenvalue weighted by Gasteiger charge is 2.26. The molecule has 1 aliphatic rings. The van der Waals surface area contributed by atoms with Crippen molar-refractivity contribution in [3.8, 4) is 11.3 Å². The summed E-state index contributed by atoms with van der Waals surface area (Å²) in [6.45, 7) is 8.82. The molecule has 1 saturated heterocycles. The summed E-state index contributed by atoms with van der Waals surface area (Å²) >= 11 is 0. The van der Waals surface area contributed by atoms with Crippen LogP contribution in [-0.4, -0.2) is 35.7 Å². The molecular formula is C22H30N4O. The topological polar surface area (TPSA) is 58.1 Å². The van der Waals surface area contributed by atoms with E-state index in [1.165, 1.54) is 5.56 Å². The molecule has 5 nitrogen and oxygen atoms in total. The second-order valence-corrected chi connectivity index (χ2v) is 7.90. The van der Waals surface area contributed by atoms with E-state index in [1.807, 2.05) is 18.2 Å². The van der Waals surface area contributed by atoms with Crippen molar-refractivity contribution in [2.75, 3.05) is 24.5 Å². The molecule has 1 aliphatic heterocycles. The Labute approximate surface area is 162 Å². The number of nitrogens with zero attached hydrogens (tertiary/aromatic N) is 3. The lowest BCUT2D eigenvalue weighted by Crippen LogP contribution is -2.43. The van der Waals surface area contributed by atoms with Crippen LogP contribution in [0.4, 0.5) is 5.82 Å². The van der Waals surface area contributed by atoms with Gasteiger partial charge in [0.15, 0.2) is 5.82 Å². The molecule has 0 radical (unpaired) electrons. The van der Waals surface area contributed by atoms with Crippen LogP contribution in [-0.2, 0) is 4.79 Å². The molecule has 0 saturated carbocycles. The van der Waals surface area contributed by atoms with Gasteiger partial charge in [0.25, 0.3) is 0 Å². The zero-order chi connectivity index (χ0) is 19.2. The molecule has 1 N–H and O–H groups in total. The zero-order valence-electron chi connectivity index (χ0n) is 16.6. The molecule has 1 amide bonds. The van der Waals surface area contributed by atoms with Crippen molar-refractivity contribution in [2.24, 2.45) is 11.8 Å². The van der Waals surface area contributed by atoms with E-state index in [0.717, 1.165) is 49.4 Å². The quantitative estimate of drug-likeness (QED) is 0.844. The molecule has 2 heterocycles. The summed E-state index contributed by atoms with van der Waals surface area (Å²) in [5, 5.41) is 11.9. The second-order valence-electron chi connectivity index (χ2n) is 7.90. The minimum atomic E-state index is 0.0316. The molecule has 1 atom stereocenters. The average Bonchev–Trinajstić information content (AvgIpc) is 2.68. The fourth-order valence-electron chi connectivity index (χ4n) is 3.48. The molecule has 0 bridgehead atoms. The molecule has 5 heteroatoms. The van der Waals surface area contributed by atoms with Gasteiger partial charge >= 0.3 is 0 Å². The molecular weight excluding hydrogens is 336 g/mol. The molecule has 2 aromatic rings. The molecule has 1 aromatic heterocycles. The van der Waals surface area contributed by atoms with Crippen molar-refractivity contribution in [3.05, 3.63) is 42.0 Å². The third kappa shape index (κ3) is 5.28. The van der Waals surface area contributed by atoms with E-state index in [4.69, 9.17) is 0 Å². The number of aryl methyl sites for hydroxylation is 1. The van der Waals surface area contributed by atoms with Crippen LogP contribution < -0.4 is 10.2 Å². The van der Waals surface area contributed by atoms with Crippen molar-refractivity contribution >= 4 is 11.7 Å². The highest BCUT2D eigenvalue weighted by Crippen LogP contribution is 2.24. The average molecular weight is 367 g/mol. The smallest absolute Gasteiger partial charge is 0.224 e. The molecule has 0 aliphatic carbocycles. The van der Waals surface area contributed by atoms with Gasteiger partial charge in [-0.1, -0.05) is 37.6 Å². The summed E-state index contributed by atoms with van der Waals surface area (Å²) < 4.78 is 0. The lowest BCUT2D eigenvalue weighted by molar-refractivity contribution is -0.125. The number of rotatable bonds is 6. The monoisotopic (exact) mass is 366 g/mol. The first kappa shape index (κ1) is 19.3. The highest BCUT2D eigenvalue weighted by molar-refractivity contribution is 5.79. The highest BCUT2D eigenvalue weighted by atomic mass is 16.1. The fraction of sp³-hybridized carbons (Fsp3) is 0.500. The minimum absolute atomic E-state index is 0.0316. The Morgan fingerprint density at radius 3 is 2.81 bits per heavy atom. The number of hydrogen-bond donors (Lipinski definition) is 1. The third-order valence-corrected chi connectivity index (χ3v) is 5.10. The Balaban J connectivity index is 1.61. The van der Waals surface area contributed by atoms with E-state index < -0.39 is 0 Å². The maximum absolute atomic E-state index is 12.5. The summed E-state index contributed by atoms with van der Waals surface area (Å²) in [4.78, 5) is 14.6. The molecule has 1 aromatic carbocycles. The van der Waals surface area contributed by atoms with Crippen LogP contribution in [0.5, 0.6) is 0 Å².